The molecule has 0 aromatic carbocycles. The zero-order valence-corrected chi connectivity index (χ0v) is 9.68. The number of nitrogens with two attached hydrogens (primary N) is 1. The van der Waals surface area contributed by atoms with Gasteiger partial charge in [-0.3, -0.25) is 0 Å². The number of ether oxygens (including phenoxy) is 1. The molecule has 1 saturated carbocycles. The fraction of sp³-hybridized carbons (Fsp3) is 1.00. The highest BCUT2D eigenvalue weighted by Crippen LogP contribution is 2.23. The fourth-order valence-corrected chi connectivity index (χ4v) is 1.77. The first-order valence-electron chi connectivity index (χ1n) is 5.68. The normalized spacial score (nSPS) is 27.4. The van der Waals surface area contributed by atoms with E-state index in [0.717, 1.165) is 32.2 Å². The SMILES string of the molecule is CCC(N)(CC)CNC1CC(OC)C1. The van der Waals surface area contributed by atoms with Crippen LogP contribution < -0.4 is 11.1 Å². The van der Waals surface area contributed by atoms with Crippen LogP contribution in [0.5, 0.6) is 0 Å². The van der Waals surface area contributed by atoms with Gasteiger partial charge < -0.3 is 15.8 Å². The Morgan fingerprint density at radius 1 is 1.36 bits per heavy atom. The Kier molecular flexibility index (Phi) is 4.35. The number of hydrogen-bond donors (Lipinski definition) is 2. The summed E-state index contributed by atoms with van der Waals surface area (Å²) in [6.45, 7) is 5.24. The van der Waals surface area contributed by atoms with Gasteiger partial charge in [-0.05, 0) is 25.7 Å². The Labute approximate surface area is 87.4 Å². The minimum Gasteiger partial charge on any atom is -0.381 e. The lowest BCUT2D eigenvalue weighted by Crippen LogP contribution is -2.54. The molecule has 14 heavy (non-hydrogen) atoms. The second-order valence-electron chi connectivity index (χ2n) is 4.48. The monoisotopic (exact) mass is 200 g/mol. The molecule has 0 amide bonds. The summed E-state index contributed by atoms with van der Waals surface area (Å²) in [6.07, 6.45) is 4.83. The molecule has 1 aliphatic carbocycles. The Bertz CT molecular complexity index is 163. The molecule has 0 aliphatic heterocycles. The minimum absolute atomic E-state index is 0.0157. The van der Waals surface area contributed by atoms with E-state index in [4.69, 9.17) is 10.5 Å². The van der Waals surface area contributed by atoms with E-state index in [0.29, 0.717) is 12.1 Å². The van der Waals surface area contributed by atoms with Gasteiger partial charge in [0.1, 0.15) is 0 Å². The second kappa shape index (κ2) is 5.10. The molecule has 0 unspecified atom stereocenters. The van der Waals surface area contributed by atoms with E-state index < -0.39 is 0 Å². The fourth-order valence-electron chi connectivity index (χ4n) is 1.77. The van der Waals surface area contributed by atoms with Crippen molar-refractivity contribution in [3.63, 3.8) is 0 Å². The predicted molar refractivity (Wildman–Crippen MR) is 59.3 cm³/mol. The predicted octanol–water partition coefficient (Wildman–Crippen LogP) is 1.27. The van der Waals surface area contributed by atoms with E-state index in [1.807, 2.05) is 0 Å². The highest BCUT2D eigenvalue weighted by molar-refractivity contribution is 4.90. The summed E-state index contributed by atoms with van der Waals surface area (Å²) in [5.41, 5.74) is 6.18. The Balaban J connectivity index is 2.15. The van der Waals surface area contributed by atoms with Crippen LogP contribution in [0.3, 0.4) is 0 Å². The minimum atomic E-state index is -0.0157. The number of hydrogen-bond acceptors (Lipinski definition) is 3. The highest BCUT2D eigenvalue weighted by atomic mass is 16.5. The van der Waals surface area contributed by atoms with Crippen molar-refractivity contribution in [1.82, 2.24) is 5.32 Å². The van der Waals surface area contributed by atoms with Crippen molar-refractivity contribution < 1.29 is 4.74 Å². The molecule has 0 aromatic rings. The summed E-state index contributed by atoms with van der Waals surface area (Å²) in [6, 6.07) is 0.626. The van der Waals surface area contributed by atoms with Crippen molar-refractivity contribution >= 4 is 0 Å². The van der Waals surface area contributed by atoms with Crippen molar-refractivity contribution in [2.75, 3.05) is 13.7 Å². The second-order valence-corrected chi connectivity index (χ2v) is 4.48. The highest BCUT2D eigenvalue weighted by Gasteiger charge is 2.30. The molecule has 0 saturated heterocycles. The van der Waals surface area contributed by atoms with Crippen LogP contribution >= 0.6 is 0 Å². The number of methoxy groups -OCH3 is 1. The van der Waals surface area contributed by atoms with Crippen LogP contribution in [0, 0.1) is 0 Å². The Morgan fingerprint density at radius 2 is 1.93 bits per heavy atom. The lowest BCUT2D eigenvalue weighted by molar-refractivity contribution is 0.0158. The Hall–Kier alpha value is -0.120. The first kappa shape index (κ1) is 12.0. The van der Waals surface area contributed by atoms with Crippen LogP contribution in [0.25, 0.3) is 0 Å². The van der Waals surface area contributed by atoms with Crippen molar-refractivity contribution in [1.29, 1.82) is 0 Å². The van der Waals surface area contributed by atoms with Gasteiger partial charge in [-0.2, -0.15) is 0 Å². The molecular formula is C11H24N2O. The zero-order valence-electron chi connectivity index (χ0n) is 9.68. The van der Waals surface area contributed by atoms with Crippen molar-refractivity contribution in [2.45, 2.75) is 57.2 Å². The topological polar surface area (TPSA) is 47.3 Å². The number of nitrogens with one attached hydrogen (secondary N) is 1. The smallest absolute Gasteiger partial charge is 0.0601 e. The van der Waals surface area contributed by atoms with Crippen LogP contribution in [-0.2, 0) is 4.74 Å². The summed E-state index contributed by atoms with van der Waals surface area (Å²) in [4.78, 5) is 0. The lowest BCUT2D eigenvalue weighted by atomic mass is 9.87. The molecule has 0 atom stereocenters. The maximum Gasteiger partial charge on any atom is 0.0601 e. The van der Waals surface area contributed by atoms with Crippen molar-refractivity contribution in [3.05, 3.63) is 0 Å². The molecule has 0 radical (unpaired) electrons. The molecule has 1 rings (SSSR count). The maximum atomic E-state index is 6.20. The summed E-state index contributed by atoms with van der Waals surface area (Å²) in [5.74, 6) is 0. The molecule has 0 aromatic heterocycles. The molecule has 0 bridgehead atoms. The molecule has 3 heteroatoms. The lowest BCUT2D eigenvalue weighted by Gasteiger charge is -2.37. The van der Waals surface area contributed by atoms with Gasteiger partial charge in [0, 0.05) is 25.2 Å². The van der Waals surface area contributed by atoms with Gasteiger partial charge in [-0.1, -0.05) is 13.8 Å². The molecule has 84 valence electrons. The zero-order chi connectivity index (χ0) is 10.6. The van der Waals surface area contributed by atoms with Crippen LogP contribution in [0.2, 0.25) is 0 Å². The van der Waals surface area contributed by atoms with Crippen LogP contribution in [0.15, 0.2) is 0 Å². The van der Waals surface area contributed by atoms with Crippen molar-refractivity contribution in [2.24, 2.45) is 5.73 Å². The third kappa shape index (κ3) is 2.94. The van der Waals surface area contributed by atoms with Gasteiger partial charge in [0.25, 0.3) is 0 Å². The van der Waals surface area contributed by atoms with Gasteiger partial charge in [-0.15, -0.1) is 0 Å². The molecule has 3 N–H and O–H groups in total. The molecule has 0 spiro atoms. The summed E-state index contributed by atoms with van der Waals surface area (Å²) in [7, 11) is 1.78. The first-order valence-corrected chi connectivity index (χ1v) is 5.68. The van der Waals surface area contributed by atoms with Gasteiger partial charge in [0.2, 0.25) is 0 Å². The van der Waals surface area contributed by atoms with Crippen LogP contribution in [0.4, 0.5) is 0 Å². The third-order valence-corrected chi connectivity index (χ3v) is 3.58. The van der Waals surface area contributed by atoms with Crippen LogP contribution in [-0.4, -0.2) is 31.3 Å². The third-order valence-electron chi connectivity index (χ3n) is 3.58. The average Bonchev–Trinajstić information content (AvgIpc) is 2.15. The van der Waals surface area contributed by atoms with Gasteiger partial charge in [0.15, 0.2) is 0 Å². The maximum absolute atomic E-state index is 6.20. The number of rotatable bonds is 6. The summed E-state index contributed by atoms with van der Waals surface area (Å²) >= 11 is 0. The largest absolute Gasteiger partial charge is 0.381 e. The molecule has 0 heterocycles. The van der Waals surface area contributed by atoms with Gasteiger partial charge in [-0.25, -0.2) is 0 Å². The van der Waals surface area contributed by atoms with E-state index in [2.05, 4.69) is 19.2 Å². The van der Waals surface area contributed by atoms with E-state index in [9.17, 15) is 0 Å². The summed E-state index contributed by atoms with van der Waals surface area (Å²) < 4.78 is 5.23. The summed E-state index contributed by atoms with van der Waals surface area (Å²) in [5, 5.41) is 3.52. The first-order chi connectivity index (χ1) is 6.63. The quantitative estimate of drug-likeness (QED) is 0.679. The molecular weight excluding hydrogens is 176 g/mol. The molecule has 1 fully saturated rings. The van der Waals surface area contributed by atoms with E-state index >= 15 is 0 Å². The standard InChI is InChI=1S/C11H24N2O/c1-4-11(12,5-2)8-13-9-6-10(7-9)14-3/h9-10,13H,4-8,12H2,1-3H3. The Morgan fingerprint density at radius 3 is 2.36 bits per heavy atom. The molecule has 1 aliphatic rings. The van der Waals surface area contributed by atoms with E-state index in [1.54, 1.807) is 7.11 Å². The van der Waals surface area contributed by atoms with Crippen LogP contribution in [0.1, 0.15) is 39.5 Å². The average molecular weight is 200 g/mol. The van der Waals surface area contributed by atoms with Gasteiger partial charge >= 0.3 is 0 Å². The molecule has 3 nitrogen and oxygen atoms in total. The van der Waals surface area contributed by atoms with E-state index in [-0.39, 0.29) is 5.54 Å². The van der Waals surface area contributed by atoms with E-state index in [1.165, 1.54) is 0 Å². The van der Waals surface area contributed by atoms with Crippen molar-refractivity contribution in [3.8, 4) is 0 Å². The van der Waals surface area contributed by atoms with Gasteiger partial charge in [0.05, 0.1) is 6.10 Å².